The van der Waals surface area contributed by atoms with Gasteiger partial charge in [0, 0.05) is 0 Å². The molecule has 1 aliphatic carbocycles. The minimum Gasteiger partial charge on any atom is -0.388 e. The molecule has 0 aromatic heterocycles. The first-order valence-electron chi connectivity index (χ1n) is 12.0. The predicted molar refractivity (Wildman–Crippen MR) is 125 cm³/mol. The highest BCUT2D eigenvalue weighted by molar-refractivity contribution is 6.07. The second kappa shape index (κ2) is 9.01. The van der Waals surface area contributed by atoms with Crippen molar-refractivity contribution in [1.29, 1.82) is 0 Å². The average molecular weight is 441 g/mol. The lowest BCUT2D eigenvalue weighted by Crippen LogP contribution is -2.71. The molecule has 0 radical (unpaired) electrons. The number of nitrogens with zero attached hydrogens (tertiary/aromatic N) is 1. The first kappa shape index (κ1) is 27.9. The molecule has 31 heavy (non-hydrogen) atoms. The molecule has 0 aromatic rings. The van der Waals surface area contributed by atoms with Gasteiger partial charge in [0.1, 0.15) is 5.41 Å². The van der Waals surface area contributed by atoms with Crippen LogP contribution in [0.15, 0.2) is 0 Å². The zero-order chi connectivity index (χ0) is 24.6. The Morgan fingerprint density at radius 2 is 1.10 bits per heavy atom. The summed E-state index contributed by atoms with van der Waals surface area (Å²) in [4.78, 5) is 28.3. The molecule has 1 aliphatic rings. The molecule has 2 amide bonds. The van der Waals surface area contributed by atoms with Crippen molar-refractivity contribution in [2.75, 3.05) is 0 Å². The van der Waals surface area contributed by atoms with E-state index in [2.05, 4.69) is 0 Å². The standard InChI is InChI=1S/C25H48N2O4/c1-11-24(30,12-2)17(21(5,6)7)27(20(29)23(15-16-23)19(26)28)18(22(8,9)10)25(31,13-3)14-4/h17-18,30-31H,11-16H2,1-10H3,(H2,26,28)/t17-,18-/m1/s1. The number of hydrogen-bond acceptors (Lipinski definition) is 4. The first-order chi connectivity index (χ1) is 13.9. The maximum atomic E-state index is 14.2. The smallest absolute Gasteiger partial charge is 0.238 e. The lowest BCUT2D eigenvalue weighted by atomic mass is 9.66. The molecule has 1 rings (SSSR count). The van der Waals surface area contributed by atoms with Gasteiger partial charge in [-0.15, -0.1) is 0 Å². The zero-order valence-electron chi connectivity index (χ0n) is 21.6. The highest BCUT2D eigenvalue weighted by atomic mass is 16.3. The van der Waals surface area contributed by atoms with E-state index < -0.39 is 45.4 Å². The molecule has 6 heteroatoms. The van der Waals surface area contributed by atoms with Crippen LogP contribution in [0.3, 0.4) is 0 Å². The number of aliphatic hydroxyl groups is 2. The Morgan fingerprint density at radius 3 is 1.26 bits per heavy atom. The summed E-state index contributed by atoms with van der Waals surface area (Å²) in [6, 6.07) is -1.21. The van der Waals surface area contributed by atoms with Crippen LogP contribution >= 0.6 is 0 Å². The molecule has 0 saturated heterocycles. The summed E-state index contributed by atoms with van der Waals surface area (Å²) in [5, 5.41) is 23.6. The van der Waals surface area contributed by atoms with Crippen molar-refractivity contribution in [3.8, 4) is 0 Å². The molecule has 1 fully saturated rings. The average Bonchev–Trinajstić information content (AvgIpc) is 3.46. The van der Waals surface area contributed by atoms with E-state index in [9.17, 15) is 19.8 Å². The largest absolute Gasteiger partial charge is 0.388 e. The second-order valence-electron chi connectivity index (χ2n) is 11.8. The van der Waals surface area contributed by atoms with E-state index in [1.807, 2.05) is 69.2 Å². The predicted octanol–water partition coefficient (Wildman–Crippen LogP) is 4.01. The molecular formula is C25H48N2O4. The number of rotatable bonds is 10. The Hall–Kier alpha value is -1.14. The van der Waals surface area contributed by atoms with E-state index in [0.29, 0.717) is 38.5 Å². The van der Waals surface area contributed by atoms with Crippen LogP contribution in [0.1, 0.15) is 108 Å². The SMILES string of the molecule is CCC(O)(CC)[C@H](N(C(=O)C1(C(N)=O)CC1)[C@H](C(C)(C)C)C(O)(CC)CC)C(C)(C)C. The molecule has 0 spiro atoms. The number of amides is 2. The minimum atomic E-state index is -1.24. The van der Waals surface area contributed by atoms with Gasteiger partial charge in [-0.05, 0) is 49.4 Å². The van der Waals surface area contributed by atoms with Crippen LogP contribution in [0, 0.1) is 16.2 Å². The molecule has 1 saturated carbocycles. The van der Waals surface area contributed by atoms with Gasteiger partial charge in [0.2, 0.25) is 11.8 Å². The molecule has 2 atom stereocenters. The van der Waals surface area contributed by atoms with Crippen LogP contribution < -0.4 is 5.73 Å². The first-order valence-corrected chi connectivity index (χ1v) is 12.0. The number of primary amides is 1. The molecule has 0 heterocycles. The fraction of sp³-hybridized carbons (Fsp3) is 0.920. The second-order valence-corrected chi connectivity index (χ2v) is 11.8. The van der Waals surface area contributed by atoms with E-state index in [4.69, 9.17) is 5.73 Å². The molecule has 4 N–H and O–H groups in total. The number of nitrogens with two attached hydrogens (primary N) is 1. The van der Waals surface area contributed by atoms with E-state index in [1.165, 1.54) is 0 Å². The maximum Gasteiger partial charge on any atom is 0.238 e. The Balaban J connectivity index is 3.98. The van der Waals surface area contributed by atoms with Crippen LogP contribution in [0.25, 0.3) is 0 Å². The van der Waals surface area contributed by atoms with Gasteiger partial charge in [0.05, 0.1) is 23.3 Å². The Bertz CT molecular complexity index is 611. The van der Waals surface area contributed by atoms with Crippen LogP contribution in [-0.4, -0.2) is 50.2 Å². The summed E-state index contributed by atoms with van der Waals surface area (Å²) < 4.78 is 0. The molecule has 0 unspecified atom stereocenters. The van der Waals surface area contributed by atoms with E-state index in [1.54, 1.807) is 4.90 Å². The summed E-state index contributed by atoms with van der Waals surface area (Å²) in [6.45, 7) is 19.7. The highest BCUT2D eigenvalue weighted by Gasteiger charge is 2.63. The third-order valence-corrected chi connectivity index (χ3v) is 7.53. The van der Waals surface area contributed by atoms with Gasteiger partial charge in [-0.2, -0.15) is 0 Å². The summed E-state index contributed by atoms with van der Waals surface area (Å²) in [5.74, 6) is -0.962. The third kappa shape index (κ3) is 5.11. The molecular weight excluding hydrogens is 392 g/mol. The van der Waals surface area contributed by atoms with Crippen LogP contribution in [0.4, 0.5) is 0 Å². The molecule has 0 aromatic carbocycles. The monoisotopic (exact) mass is 440 g/mol. The van der Waals surface area contributed by atoms with Crippen molar-refractivity contribution in [2.45, 2.75) is 131 Å². The van der Waals surface area contributed by atoms with Crippen molar-refractivity contribution in [2.24, 2.45) is 22.0 Å². The molecule has 6 nitrogen and oxygen atoms in total. The van der Waals surface area contributed by atoms with Gasteiger partial charge in [-0.25, -0.2) is 0 Å². The van der Waals surface area contributed by atoms with Gasteiger partial charge in [0.15, 0.2) is 0 Å². The zero-order valence-corrected chi connectivity index (χ0v) is 21.6. The quantitative estimate of drug-likeness (QED) is 0.446. The van der Waals surface area contributed by atoms with Gasteiger partial charge in [0.25, 0.3) is 0 Å². The van der Waals surface area contributed by atoms with Crippen LogP contribution in [0.5, 0.6) is 0 Å². The summed E-state index contributed by atoms with van der Waals surface area (Å²) >= 11 is 0. The number of carbonyl (C=O) groups is 2. The number of hydrogen-bond donors (Lipinski definition) is 3. The van der Waals surface area contributed by atoms with Gasteiger partial charge in [-0.3, -0.25) is 9.59 Å². The topological polar surface area (TPSA) is 104 Å². The fourth-order valence-electron chi connectivity index (χ4n) is 5.56. The Labute approximate surface area is 190 Å². The van der Waals surface area contributed by atoms with Crippen molar-refractivity contribution in [3.05, 3.63) is 0 Å². The van der Waals surface area contributed by atoms with E-state index in [-0.39, 0.29) is 5.91 Å². The molecule has 182 valence electrons. The Kier molecular flexibility index (Phi) is 8.11. The lowest BCUT2D eigenvalue weighted by Gasteiger charge is -2.58. The minimum absolute atomic E-state index is 0.347. The van der Waals surface area contributed by atoms with E-state index >= 15 is 0 Å². The van der Waals surface area contributed by atoms with Crippen molar-refractivity contribution >= 4 is 11.8 Å². The van der Waals surface area contributed by atoms with Crippen LogP contribution in [0.2, 0.25) is 0 Å². The number of carbonyl (C=O) groups excluding carboxylic acids is 2. The lowest BCUT2D eigenvalue weighted by molar-refractivity contribution is -0.189. The van der Waals surface area contributed by atoms with Crippen molar-refractivity contribution < 1.29 is 19.8 Å². The fourth-order valence-corrected chi connectivity index (χ4v) is 5.56. The maximum absolute atomic E-state index is 14.2. The van der Waals surface area contributed by atoms with Gasteiger partial charge >= 0.3 is 0 Å². The van der Waals surface area contributed by atoms with Crippen LogP contribution in [-0.2, 0) is 9.59 Å². The van der Waals surface area contributed by atoms with Gasteiger partial charge < -0.3 is 20.8 Å². The molecule has 0 aliphatic heterocycles. The molecule has 0 bridgehead atoms. The Morgan fingerprint density at radius 1 is 0.806 bits per heavy atom. The normalized spacial score (nSPS) is 19.0. The van der Waals surface area contributed by atoms with Gasteiger partial charge in [-0.1, -0.05) is 69.2 Å². The summed E-state index contributed by atoms with van der Waals surface area (Å²) in [7, 11) is 0. The van der Waals surface area contributed by atoms with Crippen molar-refractivity contribution in [3.63, 3.8) is 0 Å². The van der Waals surface area contributed by atoms with E-state index in [0.717, 1.165) is 0 Å². The summed E-state index contributed by atoms with van der Waals surface area (Å²) in [6.07, 6.45) is 2.63. The highest BCUT2D eigenvalue weighted by Crippen LogP contribution is 2.52. The van der Waals surface area contributed by atoms with Crippen molar-refractivity contribution in [1.82, 2.24) is 4.90 Å². The third-order valence-electron chi connectivity index (χ3n) is 7.53. The summed E-state index contributed by atoms with van der Waals surface area (Å²) in [5.41, 5.74) is 1.13.